The zero-order valence-corrected chi connectivity index (χ0v) is 17.9. The zero-order valence-electron chi connectivity index (χ0n) is 17.2. The first-order chi connectivity index (χ1) is 15.1. The van der Waals surface area contributed by atoms with Gasteiger partial charge in [0.1, 0.15) is 11.3 Å². The number of halogens is 1. The lowest BCUT2D eigenvalue weighted by Gasteiger charge is -2.09. The first-order valence-electron chi connectivity index (χ1n) is 10.4. The number of hydrogen-bond acceptors (Lipinski definition) is 4. The van der Waals surface area contributed by atoms with E-state index in [2.05, 4.69) is 15.7 Å². The predicted octanol–water partition coefficient (Wildman–Crippen LogP) is 5.63. The van der Waals surface area contributed by atoms with Crippen molar-refractivity contribution in [2.45, 2.75) is 39.8 Å². The molecule has 0 unspecified atom stereocenters. The molecule has 0 saturated carbocycles. The highest BCUT2D eigenvalue weighted by Gasteiger charge is 2.23. The van der Waals surface area contributed by atoms with E-state index in [1.54, 1.807) is 0 Å². The van der Waals surface area contributed by atoms with Crippen molar-refractivity contribution in [1.29, 1.82) is 0 Å². The van der Waals surface area contributed by atoms with Gasteiger partial charge < -0.3 is 15.1 Å². The van der Waals surface area contributed by atoms with Crippen LogP contribution in [0.1, 0.15) is 31.5 Å². The number of fused-ring (bicyclic) bond motifs is 1. The van der Waals surface area contributed by atoms with Crippen LogP contribution in [0.5, 0.6) is 0 Å². The average molecular weight is 451 g/mol. The molecule has 1 saturated heterocycles. The second kappa shape index (κ2) is 9.18. The molecule has 2 aromatic heterocycles. The Hall–Kier alpha value is -3.09. The summed E-state index contributed by atoms with van der Waals surface area (Å²) in [6.45, 7) is 3.34. The normalized spacial score (nSPS) is 15.6. The summed E-state index contributed by atoms with van der Waals surface area (Å²) in [6.07, 6.45) is 1.87. The molecule has 7 heteroatoms. The number of carbonyl (C=O) groups excluding carboxylic acids is 1. The summed E-state index contributed by atoms with van der Waals surface area (Å²) < 4.78 is 8.07. The van der Waals surface area contributed by atoms with Gasteiger partial charge in [0.25, 0.3) is 0 Å². The Morgan fingerprint density at radius 2 is 2.06 bits per heavy atom. The van der Waals surface area contributed by atoms with Crippen molar-refractivity contribution in [3.63, 3.8) is 0 Å². The van der Waals surface area contributed by atoms with Gasteiger partial charge in [-0.3, -0.25) is 9.48 Å². The SMILES string of the molecule is C.Cc1cc(NC(=O)[C@@H]2CCCN2)nn1Cc1cc(Cl)cc2cc(-c3ccccc3)oc12. The number of aromatic nitrogens is 2. The summed E-state index contributed by atoms with van der Waals surface area (Å²) in [6, 6.07) is 17.6. The first kappa shape index (κ1) is 22.1. The van der Waals surface area contributed by atoms with Crippen molar-refractivity contribution >= 4 is 34.3 Å². The van der Waals surface area contributed by atoms with Crippen molar-refractivity contribution in [2.75, 3.05) is 11.9 Å². The second-order valence-electron chi connectivity index (χ2n) is 7.93. The van der Waals surface area contributed by atoms with Gasteiger partial charge in [0.2, 0.25) is 5.91 Å². The fourth-order valence-electron chi connectivity index (χ4n) is 4.06. The van der Waals surface area contributed by atoms with E-state index in [1.165, 1.54) is 0 Å². The number of nitrogens with one attached hydrogen (secondary N) is 2. The Labute approximate surface area is 192 Å². The lowest BCUT2D eigenvalue weighted by Crippen LogP contribution is -2.35. The second-order valence-corrected chi connectivity index (χ2v) is 8.36. The van der Waals surface area contributed by atoms with E-state index in [0.29, 0.717) is 17.4 Å². The summed E-state index contributed by atoms with van der Waals surface area (Å²) in [4.78, 5) is 12.4. The molecule has 1 aliphatic rings. The zero-order chi connectivity index (χ0) is 21.4. The highest BCUT2D eigenvalue weighted by Crippen LogP contribution is 2.32. The van der Waals surface area contributed by atoms with Gasteiger partial charge in [-0.25, -0.2) is 0 Å². The van der Waals surface area contributed by atoms with E-state index in [-0.39, 0.29) is 19.4 Å². The number of nitrogens with zero attached hydrogens (tertiary/aromatic N) is 2. The summed E-state index contributed by atoms with van der Waals surface area (Å²) in [5.74, 6) is 1.32. The van der Waals surface area contributed by atoms with Crippen LogP contribution in [-0.2, 0) is 11.3 Å². The third kappa shape index (κ3) is 4.42. The number of rotatable bonds is 5. The maximum Gasteiger partial charge on any atom is 0.242 e. The highest BCUT2D eigenvalue weighted by molar-refractivity contribution is 6.31. The molecule has 1 atom stereocenters. The molecule has 0 bridgehead atoms. The van der Waals surface area contributed by atoms with Crippen molar-refractivity contribution in [1.82, 2.24) is 15.1 Å². The van der Waals surface area contributed by atoms with E-state index in [4.69, 9.17) is 16.0 Å². The number of hydrogen-bond donors (Lipinski definition) is 2. The highest BCUT2D eigenvalue weighted by atomic mass is 35.5. The Balaban J connectivity index is 0.00000245. The minimum atomic E-state index is -0.141. The van der Waals surface area contributed by atoms with Crippen molar-refractivity contribution in [2.24, 2.45) is 0 Å². The smallest absolute Gasteiger partial charge is 0.242 e. The largest absolute Gasteiger partial charge is 0.456 e. The molecule has 32 heavy (non-hydrogen) atoms. The topological polar surface area (TPSA) is 72.1 Å². The minimum Gasteiger partial charge on any atom is -0.456 e. The maximum atomic E-state index is 12.4. The van der Waals surface area contributed by atoms with Gasteiger partial charge in [-0.2, -0.15) is 5.10 Å². The van der Waals surface area contributed by atoms with Gasteiger partial charge >= 0.3 is 0 Å². The van der Waals surface area contributed by atoms with E-state index in [0.717, 1.165) is 52.9 Å². The van der Waals surface area contributed by atoms with Crippen molar-refractivity contribution in [3.8, 4) is 11.3 Å². The maximum absolute atomic E-state index is 12.4. The Kier molecular flexibility index (Phi) is 6.35. The Bertz CT molecular complexity index is 1240. The molecule has 6 nitrogen and oxygen atoms in total. The first-order valence-corrected chi connectivity index (χ1v) is 10.8. The van der Waals surface area contributed by atoms with Crippen LogP contribution < -0.4 is 10.6 Å². The molecular formula is C25H27ClN4O2. The number of aryl methyl sites for hydroxylation is 1. The molecule has 2 N–H and O–H groups in total. The van der Waals surface area contributed by atoms with E-state index < -0.39 is 0 Å². The average Bonchev–Trinajstić information content (AvgIpc) is 3.49. The molecular weight excluding hydrogens is 424 g/mol. The van der Waals surface area contributed by atoms with Crippen LogP contribution in [0.25, 0.3) is 22.3 Å². The van der Waals surface area contributed by atoms with Crippen molar-refractivity contribution < 1.29 is 9.21 Å². The van der Waals surface area contributed by atoms with Crippen LogP contribution in [0.4, 0.5) is 5.82 Å². The molecule has 1 amide bonds. The quantitative estimate of drug-likeness (QED) is 0.413. The fourth-order valence-corrected chi connectivity index (χ4v) is 4.31. The molecule has 0 radical (unpaired) electrons. The molecule has 3 heterocycles. The Morgan fingerprint density at radius 3 is 2.81 bits per heavy atom. The third-order valence-electron chi connectivity index (χ3n) is 5.65. The lowest BCUT2D eigenvalue weighted by molar-refractivity contribution is -0.117. The van der Waals surface area contributed by atoms with Crippen LogP contribution in [0.3, 0.4) is 0 Å². The monoisotopic (exact) mass is 450 g/mol. The van der Waals surface area contributed by atoms with Gasteiger partial charge in [-0.15, -0.1) is 0 Å². The number of carbonyl (C=O) groups is 1. The molecule has 4 aromatic rings. The van der Waals surface area contributed by atoms with Gasteiger partial charge in [0.15, 0.2) is 5.82 Å². The lowest BCUT2D eigenvalue weighted by atomic mass is 10.1. The van der Waals surface area contributed by atoms with Crippen LogP contribution in [0, 0.1) is 6.92 Å². The fraction of sp³-hybridized carbons (Fsp3) is 0.280. The van der Waals surface area contributed by atoms with E-state index in [9.17, 15) is 4.79 Å². The summed E-state index contributed by atoms with van der Waals surface area (Å²) >= 11 is 6.40. The predicted molar refractivity (Wildman–Crippen MR) is 129 cm³/mol. The van der Waals surface area contributed by atoms with Gasteiger partial charge in [-0.1, -0.05) is 49.4 Å². The molecule has 0 spiro atoms. The molecule has 166 valence electrons. The van der Waals surface area contributed by atoms with Crippen LogP contribution in [0.2, 0.25) is 5.02 Å². The van der Waals surface area contributed by atoms with E-state index in [1.807, 2.05) is 66.2 Å². The van der Waals surface area contributed by atoms with Crippen LogP contribution >= 0.6 is 11.6 Å². The number of furan rings is 1. The summed E-state index contributed by atoms with van der Waals surface area (Å²) in [5, 5.41) is 12.3. The van der Waals surface area contributed by atoms with Crippen LogP contribution in [0.15, 0.2) is 59.0 Å². The molecule has 1 aliphatic heterocycles. The minimum absolute atomic E-state index is 0. The summed E-state index contributed by atoms with van der Waals surface area (Å²) in [5.41, 5.74) is 3.68. The van der Waals surface area contributed by atoms with Crippen LogP contribution in [-0.4, -0.2) is 28.3 Å². The number of amides is 1. The van der Waals surface area contributed by atoms with Gasteiger partial charge in [-0.05, 0) is 44.5 Å². The summed E-state index contributed by atoms with van der Waals surface area (Å²) in [7, 11) is 0. The van der Waals surface area contributed by atoms with E-state index >= 15 is 0 Å². The molecule has 1 fully saturated rings. The Morgan fingerprint density at radius 1 is 1.25 bits per heavy atom. The third-order valence-corrected chi connectivity index (χ3v) is 5.86. The molecule has 2 aromatic carbocycles. The van der Waals surface area contributed by atoms with Crippen molar-refractivity contribution in [3.05, 3.63) is 70.9 Å². The number of benzene rings is 2. The van der Waals surface area contributed by atoms with Gasteiger partial charge in [0.05, 0.1) is 12.6 Å². The molecule has 0 aliphatic carbocycles. The standard InChI is InChI=1S/C24H23ClN4O2.CH4/c1-15-10-22(27-24(30)20-8-5-9-26-20)28-29(15)14-18-12-19(25)11-17-13-21(31-23(17)18)16-6-3-2-4-7-16;/h2-4,6-7,10-13,20,26H,5,8-9,14H2,1H3,(H,27,28,30);1H4/t20-;/m0./s1. The molecule has 5 rings (SSSR count). The number of anilines is 1. The van der Waals surface area contributed by atoms with Gasteiger partial charge in [0, 0.05) is 33.3 Å².